The number of likely N-dealkylation sites (tertiary alicyclic amines) is 1. The normalized spacial score (nSPS) is 21.0. The van der Waals surface area contributed by atoms with E-state index in [0.717, 1.165) is 21.6 Å². The minimum Gasteiger partial charge on any atom is -0.393 e. The number of piperidine rings is 1. The predicted octanol–water partition coefficient (Wildman–Crippen LogP) is 2.99. The highest BCUT2D eigenvalue weighted by Gasteiger charge is 2.28. The van der Waals surface area contributed by atoms with E-state index in [0.29, 0.717) is 19.5 Å². The number of aliphatic hydroxyl groups excluding tert-OH is 1. The molecule has 4 heterocycles. The van der Waals surface area contributed by atoms with E-state index < -0.39 is 0 Å². The average Bonchev–Trinajstić information content (AvgIpc) is 3.25. The maximum atomic E-state index is 12.9. The fourth-order valence-corrected chi connectivity index (χ4v) is 4.22. The number of amides is 1. The summed E-state index contributed by atoms with van der Waals surface area (Å²) in [6, 6.07) is 10.1. The maximum absolute atomic E-state index is 12.9. The quantitative estimate of drug-likeness (QED) is 0.786. The number of hydrogen-bond acceptors (Lipinski definition) is 4. The lowest BCUT2D eigenvalue weighted by molar-refractivity contribution is -0.135. The van der Waals surface area contributed by atoms with E-state index in [2.05, 4.69) is 17.1 Å². The first-order valence-corrected chi connectivity index (χ1v) is 9.45. The lowest BCUT2D eigenvalue weighted by Gasteiger charge is -2.34. The molecular formula is C19H21N3O2S. The molecule has 130 valence electrons. The summed E-state index contributed by atoms with van der Waals surface area (Å²) >= 11 is 1.66. The highest BCUT2D eigenvalue weighted by Crippen LogP contribution is 2.30. The number of aliphatic hydroxyl groups is 1. The summed E-state index contributed by atoms with van der Waals surface area (Å²) in [6.45, 7) is 3.50. The Kier molecular flexibility index (Phi) is 4.31. The zero-order valence-corrected chi connectivity index (χ0v) is 14.9. The number of aromatic nitrogens is 2. The molecule has 1 aliphatic rings. The van der Waals surface area contributed by atoms with Gasteiger partial charge in [-0.15, -0.1) is 11.3 Å². The van der Waals surface area contributed by atoms with Gasteiger partial charge in [-0.1, -0.05) is 13.0 Å². The molecular weight excluding hydrogens is 334 g/mol. The molecule has 0 radical (unpaired) electrons. The highest BCUT2D eigenvalue weighted by molar-refractivity contribution is 7.13. The molecule has 0 bridgehead atoms. The van der Waals surface area contributed by atoms with Gasteiger partial charge in [0.25, 0.3) is 0 Å². The lowest BCUT2D eigenvalue weighted by atomic mass is 9.97. The largest absolute Gasteiger partial charge is 0.393 e. The third-order valence-corrected chi connectivity index (χ3v) is 5.83. The molecule has 3 aromatic rings. The molecule has 1 fully saturated rings. The minimum atomic E-state index is -0.306. The van der Waals surface area contributed by atoms with Crippen molar-refractivity contribution in [2.45, 2.75) is 26.0 Å². The number of carbonyl (C=O) groups excluding carboxylic acids is 1. The number of rotatable bonds is 3. The topological polar surface area (TPSA) is 58.4 Å². The number of pyridine rings is 1. The molecule has 0 spiro atoms. The predicted molar refractivity (Wildman–Crippen MR) is 99.4 cm³/mol. The van der Waals surface area contributed by atoms with Gasteiger partial charge in [-0.3, -0.25) is 4.79 Å². The van der Waals surface area contributed by atoms with E-state index in [1.54, 1.807) is 17.5 Å². The molecule has 5 nitrogen and oxygen atoms in total. The number of hydrogen-bond donors (Lipinski definition) is 1. The molecule has 1 amide bonds. The summed E-state index contributed by atoms with van der Waals surface area (Å²) in [6.07, 6.45) is 2.11. The van der Waals surface area contributed by atoms with Gasteiger partial charge in [0.1, 0.15) is 12.2 Å². The lowest BCUT2D eigenvalue weighted by Crippen LogP contribution is -2.46. The van der Waals surface area contributed by atoms with Gasteiger partial charge in [-0.2, -0.15) is 0 Å². The molecule has 0 saturated carbocycles. The Morgan fingerprint density at radius 1 is 1.40 bits per heavy atom. The molecule has 4 rings (SSSR count). The van der Waals surface area contributed by atoms with Crippen LogP contribution in [0.5, 0.6) is 0 Å². The number of nitrogens with zero attached hydrogens (tertiary/aromatic N) is 3. The summed E-state index contributed by atoms with van der Waals surface area (Å²) in [4.78, 5) is 20.4. The Morgan fingerprint density at radius 2 is 2.28 bits per heavy atom. The van der Waals surface area contributed by atoms with E-state index in [1.165, 1.54) is 0 Å². The second-order valence-corrected chi connectivity index (χ2v) is 7.63. The molecule has 1 aliphatic heterocycles. The summed E-state index contributed by atoms with van der Waals surface area (Å²) in [5.41, 5.74) is 1.87. The first-order chi connectivity index (χ1) is 12.1. The van der Waals surface area contributed by atoms with Crippen LogP contribution in [0.25, 0.3) is 21.6 Å². The second-order valence-electron chi connectivity index (χ2n) is 6.68. The number of fused-ring (bicyclic) bond motifs is 1. The summed E-state index contributed by atoms with van der Waals surface area (Å²) in [5.74, 6) is 0.203. The Morgan fingerprint density at radius 3 is 3.04 bits per heavy atom. The van der Waals surface area contributed by atoms with Gasteiger partial charge in [-0.25, -0.2) is 4.98 Å². The molecule has 0 unspecified atom stereocenters. The van der Waals surface area contributed by atoms with Crippen molar-refractivity contribution in [1.82, 2.24) is 14.5 Å². The van der Waals surface area contributed by atoms with Crippen molar-refractivity contribution >= 4 is 28.3 Å². The molecule has 2 atom stereocenters. The third kappa shape index (κ3) is 3.07. The maximum Gasteiger partial charge on any atom is 0.242 e. The van der Waals surface area contributed by atoms with Crippen LogP contribution in [0.1, 0.15) is 13.3 Å². The average molecular weight is 355 g/mol. The van der Waals surface area contributed by atoms with Crippen LogP contribution in [0.15, 0.2) is 41.9 Å². The minimum absolute atomic E-state index is 0.0831. The van der Waals surface area contributed by atoms with Crippen molar-refractivity contribution in [3.05, 3.63) is 41.9 Å². The van der Waals surface area contributed by atoms with Crippen molar-refractivity contribution in [3.63, 3.8) is 0 Å². The summed E-state index contributed by atoms with van der Waals surface area (Å²) < 4.78 is 2.01. The van der Waals surface area contributed by atoms with Crippen molar-refractivity contribution in [2.24, 2.45) is 5.92 Å². The van der Waals surface area contributed by atoms with Gasteiger partial charge in [-0.05, 0) is 42.0 Å². The molecule has 0 aliphatic carbocycles. The van der Waals surface area contributed by atoms with E-state index >= 15 is 0 Å². The van der Waals surface area contributed by atoms with Crippen molar-refractivity contribution < 1.29 is 9.90 Å². The van der Waals surface area contributed by atoms with Crippen LogP contribution in [-0.4, -0.2) is 44.7 Å². The highest BCUT2D eigenvalue weighted by atomic mass is 32.1. The zero-order valence-electron chi connectivity index (χ0n) is 14.1. The molecule has 25 heavy (non-hydrogen) atoms. The van der Waals surface area contributed by atoms with Crippen molar-refractivity contribution in [3.8, 4) is 10.6 Å². The van der Waals surface area contributed by atoms with E-state index in [-0.39, 0.29) is 24.5 Å². The van der Waals surface area contributed by atoms with Gasteiger partial charge >= 0.3 is 0 Å². The SMILES string of the molecule is C[C@@H]1CN(C(=O)Cn2c(-c3cccs3)cc3cccnc32)CC[C@@H]1O. The zero-order chi connectivity index (χ0) is 17.4. The van der Waals surface area contributed by atoms with E-state index in [4.69, 9.17) is 0 Å². The van der Waals surface area contributed by atoms with Crippen LogP contribution in [0.2, 0.25) is 0 Å². The molecule has 3 aromatic heterocycles. The summed E-state index contributed by atoms with van der Waals surface area (Å²) in [7, 11) is 0. The van der Waals surface area contributed by atoms with Crippen LogP contribution in [0.3, 0.4) is 0 Å². The standard InChI is InChI=1S/C19H21N3O2S/c1-13-11-21(8-6-16(13)23)18(24)12-22-15(17-5-3-9-25-17)10-14-4-2-7-20-19(14)22/h2-5,7,9-10,13,16,23H,6,8,11-12H2,1H3/t13-,16+/m1/s1. The van der Waals surface area contributed by atoms with Crippen molar-refractivity contribution in [1.29, 1.82) is 0 Å². The monoisotopic (exact) mass is 355 g/mol. The first kappa shape index (κ1) is 16.3. The fourth-order valence-electron chi connectivity index (χ4n) is 3.47. The van der Waals surface area contributed by atoms with Crippen LogP contribution in [0, 0.1) is 5.92 Å². The van der Waals surface area contributed by atoms with Crippen LogP contribution >= 0.6 is 11.3 Å². The molecule has 1 saturated heterocycles. The Bertz CT molecular complexity index is 887. The third-order valence-electron chi connectivity index (χ3n) is 4.94. The fraction of sp³-hybridized carbons (Fsp3) is 0.368. The van der Waals surface area contributed by atoms with Gasteiger partial charge in [0, 0.05) is 24.7 Å². The molecule has 0 aromatic carbocycles. The molecule has 6 heteroatoms. The molecule has 1 N–H and O–H groups in total. The Hall–Kier alpha value is -2.18. The Labute approximate surface area is 150 Å². The van der Waals surface area contributed by atoms with Crippen LogP contribution in [-0.2, 0) is 11.3 Å². The van der Waals surface area contributed by atoms with Crippen LogP contribution in [0.4, 0.5) is 0 Å². The van der Waals surface area contributed by atoms with E-state index in [1.807, 2.05) is 40.0 Å². The van der Waals surface area contributed by atoms with Gasteiger partial charge < -0.3 is 14.6 Å². The Balaban J connectivity index is 1.66. The van der Waals surface area contributed by atoms with Gasteiger partial charge in [0.2, 0.25) is 5.91 Å². The number of carbonyl (C=O) groups is 1. The van der Waals surface area contributed by atoms with Crippen LogP contribution < -0.4 is 0 Å². The first-order valence-electron chi connectivity index (χ1n) is 8.57. The van der Waals surface area contributed by atoms with Gasteiger partial charge in [0.05, 0.1) is 16.7 Å². The number of thiophene rings is 1. The summed E-state index contributed by atoms with van der Waals surface area (Å²) in [5, 5.41) is 13.0. The van der Waals surface area contributed by atoms with Crippen molar-refractivity contribution in [2.75, 3.05) is 13.1 Å². The van der Waals surface area contributed by atoms with Gasteiger partial charge in [0.15, 0.2) is 0 Å². The van der Waals surface area contributed by atoms with E-state index in [9.17, 15) is 9.90 Å². The second kappa shape index (κ2) is 6.61. The smallest absolute Gasteiger partial charge is 0.242 e.